The van der Waals surface area contributed by atoms with Crippen molar-refractivity contribution in [1.29, 1.82) is 5.26 Å². The van der Waals surface area contributed by atoms with E-state index in [1.54, 1.807) is 0 Å². The van der Waals surface area contributed by atoms with Crippen molar-refractivity contribution in [1.82, 2.24) is 14.5 Å². The quantitative estimate of drug-likeness (QED) is 0.176. The van der Waals surface area contributed by atoms with Gasteiger partial charge in [0.2, 0.25) is 0 Å². The van der Waals surface area contributed by atoms with Gasteiger partial charge in [0.25, 0.3) is 12.0 Å². The number of furan rings is 1. The Morgan fingerprint density at radius 1 is 0.508 bits per heavy atom. The maximum atomic E-state index is 11.5. The monoisotopic (exact) mass is 842 g/mol. The number of aromatic nitrogens is 2. The van der Waals surface area contributed by atoms with Gasteiger partial charge >= 0.3 is 0 Å². The van der Waals surface area contributed by atoms with E-state index in [1.807, 2.05) is 12.1 Å². The van der Waals surface area contributed by atoms with Crippen LogP contribution in [0.5, 0.6) is 0 Å². The normalized spacial score (nSPS) is 14.0. The molecule has 11 aromatic rings. The summed E-state index contributed by atoms with van der Waals surface area (Å²) in [6.45, 7) is 17.6. The van der Waals surface area contributed by atoms with Gasteiger partial charge < -0.3 is 13.6 Å². The summed E-state index contributed by atoms with van der Waals surface area (Å²) in [5.74, 6) is 0.925. The third kappa shape index (κ3) is 5.61. The van der Waals surface area contributed by atoms with Crippen LogP contribution in [0.1, 0.15) is 67.4 Å². The zero-order chi connectivity index (χ0) is 44.6. The Hall–Kier alpha value is -7.88. The molecule has 0 bridgehead atoms. The fraction of sp³-hybridized carbons (Fsp3) is 0.153. The van der Waals surface area contributed by atoms with E-state index in [1.165, 1.54) is 66.1 Å². The van der Waals surface area contributed by atoms with Gasteiger partial charge in [-0.2, -0.15) is 9.84 Å². The predicted molar refractivity (Wildman–Crippen MR) is 268 cm³/mol. The molecule has 12 rings (SSSR count). The van der Waals surface area contributed by atoms with Crippen molar-refractivity contribution >= 4 is 77.1 Å². The number of nitriles is 1. The molecule has 65 heavy (non-hydrogen) atoms. The van der Waals surface area contributed by atoms with Crippen molar-refractivity contribution < 1.29 is 8.99 Å². The minimum atomic E-state index is -0.226. The highest BCUT2D eigenvalue weighted by atomic mass is 16.3. The summed E-state index contributed by atoms with van der Waals surface area (Å²) in [6, 6.07) is 50.9. The van der Waals surface area contributed by atoms with Gasteiger partial charge in [0.05, 0.1) is 50.1 Å². The predicted octanol–water partition coefficient (Wildman–Crippen LogP) is 14.5. The number of benzene rings is 8. The second kappa shape index (κ2) is 14.1. The SMILES string of the molecule is Cc1cc(C)c2c(c1)c1cc(C)cc(C)c1n2-c1cc(-n2c3c(C)cc(C)cc3c3cc(C)cc(C)c32)c(C2=[N+](c3ccccc3)C(c3cccc4oc5ccccc5c34)N2)cc1C#N. The van der Waals surface area contributed by atoms with E-state index < -0.39 is 0 Å². The molecule has 6 heteroatoms. The molecule has 1 aliphatic rings. The number of aryl methyl sites for hydroxylation is 8. The summed E-state index contributed by atoms with van der Waals surface area (Å²) >= 11 is 0. The number of rotatable bonds is 5. The summed E-state index contributed by atoms with van der Waals surface area (Å²) in [7, 11) is 0. The fourth-order valence-electron chi connectivity index (χ4n) is 11.4. The molecule has 1 aliphatic heterocycles. The highest BCUT2D eigenvalue weighted by Gasteiger charge is 2.44. The van der Waals surface area contributed by atoms with Crippen molar-refractivity contribution in [3.05, 3.63) is 195 Å². The Morgan fingerprint density at radius 2 is 1.00 bits per heavy atom. The standard InChI is InChI=1S/C59H47N5O/c1-32-21-36(5)54-44(25-32)45-26-33(2)22-37(6)55(45)63(54)49-30-50(64-56-38(7)23-34(3)27-46(56)47-28-35(4)24-39(8)57(47)64)48(29-40(49)31-60)59-61-58(62(59)41-15-10-9-11-16-41)43-18-14-20-52-53(43)42-17-12-13-19-51(42)65-52/h9-30,58H,1-8H3/p+1. The zero-order valence-corrected chi connectivity index (χ0v) is 38.0. The second-order valence-electron chi connectivity index (χ2n) is 18.5. The lowest BCUT2D eigenvalue weighted by atomic mass is 9.97. The van der Waals surface area contributed by atoms with Crippen molar-refractivity contribution in [3.63, 3.8) is 0 Å². The third-order valence-corrected chi connectivity index (χ3v) is 13.8. The molecule has 0 amide bonds. The minimum absolute atomic E-state index is 0.226. The van der Waals surface area contributed by atoms with Crippen LogP contribution in [0.3, 0.4) is 0 Å². The summed E-state index contributed by atoms with van der Waals surface area (Å²) < 4.78 is 13.7. The van der Waals surface area contributed by atoms with Crippen LogP contribution in [0.2, 0.25) is 0 Å². The largest absolute Gasteiger partial charge is 0.456 e. The molecule has 0 saturated carbocycles. The topological polar surface area (TPSA) is 61.8 Å². The number of hydrogen-bond donors (Lipinski definition) is 1. The molecule has 8 aromatic carbocycles. The minimum Gasteiger partial charge on any atom is -0.456 e. The molecule has 0 saturated heterocycles. The van der Waals surface area contributed by atoms with Crippen LogP contribution in [-0.4, -0.2) is 19.5 Å². The lowest BCUT2D eigenvalue weighted by molar-refractivity contribution is -0.530. The molecule has 0 aliphatic carbocycles. The zero-order valence-electron chi connectivity index (χ0n) is 38.0. The average molecular weight is 843 g/mol. The van der Waals surface area contributed by atoms with E-state index in [9.17, 15) is 5.26 Å². The summed E-state index contributed by atoms with van der Waals surface area (Å²) in [4.78, 5) is 0. The van der Waals surface area contributed by atoms with Crippen molar-refractivity contribution in [3.8, 4) is 17.4 Å². The summed E-state index contributed by atoms with van der Waals surface area (Å²) in [6.07, 6.45) is -0.226. The number of nitrogens with zero attached hydrogens (tertiary/aromatic N) is 4. The number of para-hydroxylation sites is 2. The van der Waals surface area contributed by atoms with Crippen LogP contribution in [0.4, 0.5) is 5.69 Å². The first-order valence-corrected chi connectivity index (χ1v) is 22.5. The Kier molecular flexibility index (Phi) is 8.39. The van der Waals surface area contributed by atoms with Crippen LogP contribution in [0, 0.1) is 66.7 Å². The Morgan fingerprint density at radius 3 is 1.54 bits per heavy atom. The van der Waals surface area contributed by atoms with Gasteiger partial charge in [-0.25, -0.2) is 5.32 Å². The van der Waals surface area contributed by atoms with E-state index in [4.69, 9.17) is 4.42 Å². The lowest BCUT2D eigenvalue weighted by Crippen LogP contribution is -2.51. The molecule has 6 nitrogen and oxygen atoms in total. The van der Waals surface area contributed by atoms with E-state index in [0.717, 1.165) is 78.0 Å². The van der Waals surface area contributed by atoms with E-state index in [2.05, 4.69) is 202 Å². The Balaban J connectivity index is 1.25. The maximum Gasteiger partial charge on any atom is 0.291 e. The van der Waals surface area contributed by atoms with Gasteiger partial charge in [-0.1, -0.05) is 89.0 Å². The summed E-state index contributed by atoms with van der Waals surface area (Å²) in [5.41, 5.74) is 21.5. The molecule has 3 aromatic heterocycles. The van der Waals surface area contributed by atoms with E-state index in [0.29, 0.717) is 5.56 Å². The molecular formula is C59H48N5O+. The number of nitrogens with one attached hydrogen (secondary N) is 1. The van der Waals surface area contributed by atoms with Crippen molar-refractivity contribution in [2.75, 3.05) is 0 Å². The first-order chi connectivity index (χ1) is 31.5. The van der Waals surface area contributed by atoms with Crippen LogP contribution >= 0.6 is 0 Å². The first-order valence-electron chi connectivity index (χ1n) is 22.5. The molecule has 1 atom stereocenters. The van der Waals surface area contributed by atoms with Crippen molar-refractivity contribution in [2.45, 2.75) is 61.6 Å². The smallest absolute Gasteiger partial charge is 0.291 e. The second-order valence-corrected chi connectivity index (χ2v) is 18.5. The molecule has 4 heterocycles. The van der Waals surface area contributed by atoms with Gasteiger partial charge in [-0.05, 0) is 144 Å². The molecule has 1 unspecified atom stereocenters. The average Bonchev–Trinajstić information content (AvgIpc) is 3.92. The van der Waals surface area contributed by atoms with Gasteiger partial charge in [0.1, 0.15) is 22.9 Å². The van der Waals surface area contributed by atoms with E-state index in [-0.39, 0.29) is 6.17 Å². The number of amidine groups is 1. The van der Waals surface area contributed by atoms with Gasteiger partial charge in [0.15, 0.2) is 0 Å². The van der Waals surface area contributed by atoms with Crippen LogP contribution < -0.4 is 5.32 Å². The number of fused-ring (bicyclic) bond motifs is 9. The first kappa shape index (κ1) is 38.8. The Bertz CT molecular complexity index is 3830. The van der Waals surface area contributed by atoms with Gasteiger partial charge in [-0.3, -0.25) is 0 Å². The molecule has 0 radical (unpaired) electrons. The molecule has 0 fully saturated rings. The number of hydrogen-bond acceptors (Lipinski definition) is 3. The molecule has 1 N–H and O–H groups in total. The van der Waals surface area contributed by atoms with Crippen LogP contribution in [0.15, 0.2) is 138 Å². The molecule has 314 valence electrons. The van der Waals surface area contributed by atoms with E-state index >= 15 is 0 Å². The molecular weight excluding hydrogens is 795 g/mol. The third-order valence-electron chi connectivity index (χ3n) is 13.8. The fourth-order valence-corrected chi connectivity index (χ4v) is 11.4. The highest BCUT2D eigenvalue weighted by molar-refractivity contribution is 6.15. The van der Waals surface area contributed by atoms with Crippen LogP contribution in [-0.2, 0) is 0 Å². The van der Waals surface area contributed by atoms with Crippen molar-refractivity contribution in [2.24, 2.45) is 0 Å². The molecule has 0 spiro atoms. The lowest BCUT2D eigenvalue weighted by Gasteiger charge is -2.31. The highest BCUT2D eigenvalue weighted by Crippen LogP contribution is 2.44. The Labute approximate surface area is 377 Å². The van der Waals surface area contributed by atoms with Gasteiger partial charge in [0, 0.05) is 32.3 Å². The maximum absolute atomic E-state index is 11.5. The van der Waals surface area contributed by atoms with Gasteiger partial charge in [-0.15, -0.1) is 0 Å². The van der Waals surface area contributed by atoms with Crippen LogP contribution in [0.25, 0.3) is 76.9 Å². The summed E-state index contributed by atoms with van der Waals surface area (Å²) in [5, 5.41) is 22.5.